The van der Waals surface area contributed by atoms with Crippen molar-refractivity contribution >= 4 is 11.6 Å². The molecule has 0 unspecified atom stereocenters. The fraction of sp³-hybridized carbons (Fsp3) is 0.562. The maximum Gasteiger partial charge on any atom is 0.280 e. The van der Waals surface area contributed by atoms with Gasteiger partial charge >= 0.3 is 0 Å². The summed E-state index contributed by atoms with van der Waals surface area (Å²) in [6.07, 6.45) is 2.68. The van der Waals surface area contributed by atoms with Crippen LogP contribution in [-0.4, -0.2) is 56.5 Å². The third-order valence-electron chi connectivity index (χ3n) is 5.06. The van der Waals surface area contributed by atoms with Crippen LogP contribution in [0, 0.1) is 0 Å². The van der Waals surface area contributed by atoms with E-state index in [0.717, 1.165) is 38.0 Å². The van der Waals surface area contributed by atoms with Crippen LogP contribution in [0.3, 0.4) is 0 Å². The molecule has 7 heteroatoms. The van der Waals surface area contributed by atoms with Crippen LogP contribution in [0.2, 0.25) is 0 Å². The predicted molar refractivity (Wildman–Crippen MR) is 85.6 cm³/mol. The Balaban J connectivity index is 1.71. The summed E-state index contributed by atoms with van der Waals surface area (Å²) in [7, 11) is 2.10. The van der Waals surface area contributed by atoms with E-state index in [1.807, 2.05) is 17.9 Å². The zero-order valence-electron chi connectivity index (χ0n) is 13.5. The van der Waals surface area contributed by atoms with Crippen molar-refractivity contribution in [1.29, 1.82) is 0 Å². The van der Waals surface area contributed by atoms with Crippen molar-refractivity contribution < 1.29 is 4.79 Å². The highest BCUT2D eigenvalue weighted by Gasteiger charge is 2.37. The van der Waals surface area contributed by atoms with E-state index in [1.54, 1.807) is 0 Å². The quantitative estimate of drug-likeness (QED) is 0.882. The third kappa shape index (κ3) is 2.18. The van der Waals surface area contributed by atoms with E-state index in [9.17, 15) is 9.59 Å². The van der Waals surface area contributed by atoms with Crippen molar-refractivity contribution in [3.63, 3.8) is 0 Å². The number of hydrogen-bond acceptors (Lipinski definition) is 4. The van der Waals surface area contributed by atoms with E-state index in [2.05, 4.69) is 22.0 Å². The lowest BCUT2D eigenvalue weighted by atomic mass is 10.0. The zero-order chi connectivity index (χ0) is 16.1. The van der Waals surface area contributed by atoms with Gasteiger partial charge in [-0.2, -0.15) is 9.61 Å². The molecule has 7 nitrogen and oxygen atoms in total. The molecular weight excluding hydrogens is 294 g/mol. The van der Waals surface area contributed by atoms with Gasteiger partial charge in [0.15, 0.2) is 0 Å². The molecule has 1 fully saturated rings. The number of H-pyrrole nitrogens is 1. The second-order valence-electron chi connectivity index (χ2n) is 6.54. The van der Waals surface area contributed by atoms with Gasteiger partial charge in [-0.25, -0.2) is 0 Å². The number of aromatic nitrogens is 3. The average Bonchev–Trinajstić information content (AvgIpc) is 3.11. The van der Waals surface area contributed by atoms with Gasteiger partial charge in [0, 0.05) is 12.1 Å². The monoisotopic (exact) mass is 315 g/mol. The van der Waals surface area contributed by atoms with Crippen molar-refractivity contribution in [2.75, 3.05) is 20.1 Å². The number of carbonyl (C=O) groups is 1. The second kappa shape index (κ2) is 5.19. The molecule has 4 rings (SSSR count). The number of rotatable bonds is 2. The van der Waals surface area contributed by atoms with Crippen LogP contribution in [-0.2, 0) is 13.0 Å². The maximum atomic E-state index is 12.8. The minimum absolute atomic E-state index is 0.0478. The van der Waals surface area contributed by atoms with Crippen LogP contribution in [0.1, 0.15) is 41.5 Å². The number of carbonyl (C=O) groups excluding carboxylic acids is 1. The van der Waals surface area contributed by atoms with Crippen LogP contribution in [0.15, 0.2) is 10.9 Å². The third-order valence-corrected chi connectivity index (χ3v) is 5.06. The summed E-state index contributed by atoms with van der Waals surface area (Å²) in [6.45, 7) is 4.37. The first kappa shape index (κ1) is 14.4. The molecule has 0 atom stereocenters. The van der Waals surface area contributed by atoms with Crippen molar-refractivity contribution in [3.8, 4) is 0 Å². The molecule has 0 saturated carbocycles. The molecule has 2 aromatic heterocycles. The molecule has 0 spiro atoms. The Bertz CT molecular complexity index is 829. The second-order valence-corrected chi connectivity index (χ2v) is 6.54. The average molecular weight is 315 g/mol. The Morgan fingerprint density at radius 2 is 2.04 bits per heavy atom. The Morgan fingerprint density at radius 3 is 2.74 bits per heavy atom. The summed E-state index contributed by atoms with van der Waals surface area (Å²) in [4.78, 5) is 32.7. The number of aryl methyl sites for hydroxylation is 1. The minimum atomic E-state index is -0.169. The lowest BCUT2D eigenvalue weighted by Gasteiger charge is -2.34. The molecule has 2 aliphatic heterocycles. The van der Waals surface area contributed by atoms with Gasteiger partial charge in [-0.05, 0) is 39.4 Å². The molecule has 0 aliphatic carbocycles. The van der Waals surface area contributed by atoms with Crippen LogP contribution in [0.4, 0.5) is 0 Å². The van der Waals surface area contributed by atoms with Gasteiger partial charge in [-0.1, -0.05) is 6.92 Å². The number of amides is 1. The summed E-state index contributed by atoms with van der Waals surface area (Å²) in [6, 6.07) is 2.06. The van der Waals surface area contributed by atoms with Gasteiger partial charge in [0.2, 0.25) is 0 Å². The molecular formula is C16H21N5O2. The highest BCUT2D eigenvalue weighted by Crippen LogP contribution is 2.26. The van der Waals surface area contributed by atoms with Gasteiger partial charge in [0.1, 0.15) is 11.3 Å². The fourth-order valence-electron chi connectivity index (χ4n) is 3.60. The molecule has 1 saturated heterocycles. The van der Waals surface area contributed by atoms with Crippen molar-refractivity contribution in [3.05, 3.63) is 33.4 Å². The first-order chi connectivity index (χ1) is 11.1. The Labute approximate surface area is 133 Å². The summed E-state index contributed by atoms with van der Waals surface area (Å²) >= 11 is 0. The van der Waals surface area contributed by atoms with Gasteiger partial charge in [-0.3, -0.25) is 9.59 Å². The van der Waals surface area contributed by atoms with Crippen molar-refractivity contribution in [2.24, 2.45) is 0 Å². The number of aromatic amines is 1. The number of hydrogen-bond donors (Lipinski definition) is 1. The Kier molecular flexibility index (Phi) is 3.26. The molecule has 1 amide bonds. The number of piperidine rings is 1. The van der Waals surface area contributed by atoms with E-state index >= 15 is 0 Å². The molecule has 0 aromatic carbocycles. The van der Waals surface area contributed by atoms with Gasteiger partial charge in [-0.15, -0.1) is 0 Å². The van der Waals surface area contributed by atoms with E-state index in [0.29, 0.717) is 23.4 Å². The summed E-state index contributed by atoms with van der Waals surface area (Å²) in [5.41, 5.74) is 2.28. The van der Waals surface area contributed by atoms with Crippen LogP contribution in [0.25, 0.3) is 5.65 Å². The zero-order valence-corrected chi connectivity index (χ0v) is 13.5. The van der Waals surface area contributed by atoms with E-state index in [1.165, 1.54) is 4.52 Å². The molecule has 122 valence electrons. The van der Waals surface area contributed by atoms with Crippen molar-refractivity contribution in [2.45, 2.75) is 38.8 Å². The van der Waals surface area contributed by atoms with Crippen LogP contribution in [0.5, 0.6) is 0 Å². The molecule has 23 heavy (non-hydrogen) atoms. The van der Waals surface area contributed by atoms with E-state index in [-0.39, 0.29) is 17.5 Å². The predicted octanol–water partition coefficient (Wildman–Crippen LogP) is 0.635. The largest absolute Gasteiger partial charge is 0.335 e. The summed E-state index contributed by atoms with van der Waals surface area (Å²) in [5, 5.41) is 4.32. The van der Waals surface area contributed by atoms with Crippen LogP contribution >= 0.6 is 0 Å². The minimum Gasteiger partial charge on any atom is -0.335 e. The first-order valence-electron chi connectivity index (χ1n) is 8.21. The fourth-order valence-corrected chi connectivity index (χ4v) is 3.60. The lowest BCUT2D eigenvalue weighted by molar-refractivity contribution is 0.0613. The van der Waals surface area contributed by atoms with Crippen LogP contribution < -0.4 is 5.56 Å². The number of nitrogens with zero attached hydrogens (tertiary/aromatic N) is 4. The standard InChI is InChI=1S/C16H21N5O2/c1-3-10-8-13-17-14-12(15(22)21(13)18-10)9-20(16(14)23)11-4-6-19(2)7-5-11/h8,11,17H,3-7,9H2,1-2H3. The lowest BCUT2D eigenvalue weighted by Crippen LogP contribution is -2.43. The molecule has 2 aliphatic rings. The van der Waals surface area contributed by atoms with Gasteiger partial charge in [0.05, 0.1) is 17.8 Å². The molecule has 0 bridgehead atoms. The normalized spacial score (nSPS) is 19.7. The Hall–Kier alpha value is -2.15. The number of fused-ring (bicyclic) bond motifs is 2. The van der Waals surface area contributed by atoms with Gasteiger partial charge in [0.25, 0.3) is 11.5 Å². The van der Waals surface area contributed by atoms with Crippen molar-refractivity contribution in [1.82, 2.24) is 24.4 Å². The maximum absolute atomic E-state index is 12.8. The Morgan fingerprint density at radius 1 is 1.30 bits per heavy atom. The molecule has 0 radical (unpaired) electrons. The SMILES string of the molecule is CCc1cc2[nH]c3c(c(=O)n2n1)CN(C1CCN(C)CC1)C3=O. The number of nitrogens with one attached hydrogen (secondary N) is 1. The number of likely N-dealkylation sites (tertiary alicyclic amines) is 1. The highest BCUT2D eigenvalue weighted by molar-refractivity contribution is 5.97. The molecule has 1 N–H and O–H groups in total. The smallest absolute Gasteiger partial charge is 0.280 e. The molecule has 4 heterocycles. The van der Waals surface area contributed by atoms with Gasteiger partial charge < -0.3 is 14.8 Å². The van der Waals surface area contributed by atoms with E-state index in [4.69, 9.17) is 0 Å². The summed E-state index contributed by atoms with van der Waals surface area (Å²) < 4.78 is 1.39. The molecule has 2 aromatic rings. The van der Waals surface area contributed by atoms with E-state index < -0.39 is 0 Å². The summed E-state index contributed by atoms with van der Waals surface area (Å²) in [5.74, 6) is -0.0478. The topological polar surface area (TPSA) is 73.7 Å². The highest BCUT2D eigenvalue weighted by atomic mass is 16.2. The first-order valence-corrected chi connectivity index (χ1v) is 8.21.